The summed E-state index contributed by atoms with van der Waals surface area (Å²) in [5.41, 5.74) is 7.04. The first-order valence-corrected chi connectivity index (χ1v) is 5.74. The molecular formula is C13H14N4O2. The average Bonchev–Trinajstić information content (AvgIpc) is 2.93. The first-order valence-electron chi connectivity index (χ1n) is 5.74. The molecule has 19 heavy (non-hydrogen) atoms. The van der Waals surface area contributed by atoms with Crippen LogP contribution in [0.3, 0.4) is 0 Å². The number of anilines is 1. The van der Waals surface area contributed by atoms with E-state index in [1.807, 2.05) is 6.07 Å². The lowest BCUT2D eigenvalue weighted by Crippen LogP contribution is -2.35. The van der Waals surface area contributed by atoms with Gasteiger partial charge < -0.3 is 15.5 Å². The van der Waals surface area contributed by atoms with Gasteiger partial charge >= 0.3 is 0 Å². The predicted molar refractivity (Wildman–Crippen MR) is 71.2 cm³/mol. The Morgan fingerprint density at radius 2 is 2.42 bits per heavy atom. The molecule has 1 aromatic heterocycles. The molecule has 1 amide bonds. The molecule has 3 N–H and O–H groups in total. The number of carbonyl (C=O) groups is 1. The summed E-state index contributed by atoms with van der Waals surface area (Å²) in [4.78, 5) is 11.8. The van der Waals surface area contributed by atoms with Crippen molar-refractivity contribution in [1.29, 1.82) is 0 Å². The summed E-state index contributed by atoms with van der Waals surface area (Å²) in [6, 6.07) is 6.50. The molecule has 2 rings (SSSR count). The molecule has 1 heterocycles. The van der Waals surface area contributed by atoms with Crippen LogP contribution in [0.25, 0.3) is 11.5 Å². The molecule has 0 aliphatic heterocycles. The Morgan fingerprint density at radius 1 is 1.58 bits per heavy atom. The van der Waals surface area contributed by atoms with Crippen LogP contribution in [0.4, 0.5) is 5.69 Å². The molecule has 2 aromatic rings. The highest BCUT2D eigenvalue weighted by Crippen LogP contribution is 2.20. The molecule has 0 bridgehead atoms. The van der Waals surface area contributed by atoms with Crippen LogP contribution in [0.1, 0.15) is 6.42 Å². The van der Waals surface area contributed by atoms with Crippen LogP contribution in [-0.4, -0.2) is 22.1 Å². The molecule has 0 radical (unpaired) electrons. The van der Waals surface area contributed by atoms with Crippen molar-refractivity contribution in [3.05, 3.63) is 43.3 Å². The monoisotopic (exact) mass is 258 g/mol. The SMILES string of the molecule is C=CCC(N)C(=O)Nc1cccc(-c2nnco2)c1. The topological polar surface area (TPSA) is 94.0 Å². The molecule has 0 aliphatic carbocycles. The average molecular weight is 258 g/mol. The molecule has 0 saturated carbocycles. The number of rotatable bonds is 5. The highest BCUT2D eigenvalue weighted by Gasteiger charge is 2.12. The Morgan fingerprint density at radius 3 is 3.11 bits per heavy atom. The summed E-state index contributed by atoms with van der Waals surface area (Å²) in [5, 5.41) is 10.1. The highest BCUT2D eigenvalue weighted by atomic mass is 16.4. The summed E-state index contributed by atoms with van der Waals surface area (Å²) < 4.78 is 5.09. The van der Waals surface area contributed by atoms with Gasteiger partial charge in [0.1, 0.15) is 0 Å². The number of hydrogen-bond acceptors (Lipinski definition) is 5. The van der Waals surface area contributed by atoms with Crippen molar-refractivity contribution in [2.75, 3.05) is 5.32 Å². The normalized spacial score (nSPS) is 11.8. The smallest absolute Gasteiger partial charge is 0.247 e. The van der Waals surface area contributed by atoms with Gasteiger partial charge in [0.2, 0.25) is 18.2 Å². The van der Waals surface area contributed by atoms with E-state index < -0.39 is 6.04 Å². The van der Waals surface area contributed by atoms with E-state index in [1.165, 1.54) is 6.39 Å². The second kappa shape index (κ2) is 5.92. The van der Waals surface area contributed by atoms with Crippen LogP contribution in [0, 0.1) is 0 Å². The Kier molecular flexibility index (Phi) is 4.04. The molecule has 6 nitrogen and oxygen atoms in total. The van der Waals surface area contributed by atoms with Gasteiger partial charge in [0, 0.05) is 11.3 Å². The number of benzene rings is 1. The molecular weight excluding hydrogens is 244 g/mol. The van der Waals surface area contributed by atoms with E-state index in [2.05, 4.69) is 22.1 Å². The molecule has 1 aromatic carbocycles. The van der Waals surface area contributed by atoms with E-state index in [9.17, 15) is 4.79 Å². The zero-order valence-corrected chi connectivity index (χ0v) is 10.2. The van der Waals surface area contributed by atoms with E-state index in [1.54, 1.807) is 24.3 Å². The van der Waals surface area contributed by atoms with E-state index in [0.717, 1.165) is 5.56 Å². The van der Waals surface area contributed by atoms with Gasteiger partial charge in [-0.25, -0.2) is 0 Å². The van der Waals surface area contributed by atoms with Crippen molar-refractivity contribution in [3.8, 4) is 11.5 Å². The van der Waals surface area contributed by atoms with Gasteiger partial charge in [0.15, 0.2) is 0 Å². The van der Waals surface area contributed by atoms with Crippen molar-refractivity contribution in [1.82, 2.24) is 10.2 Å². The first kappa shape index (κ1) is 13.0. The van der Waals surface area contributed by atoms with Gasteiger partial charge in [-0.15, -0.1) is 16.8 Å². The zero-order valence-electron chi connectivity index (χ0n) is 10.2. The highest BCUT2D eigenvalue weighted by molar-refractivity contribution is 5.95. The maximum atomic E-state index is 11.8. The maximum Gasteiger partial charge on any atom is 0.247 e. The minimum absolute atomic E-state index is 0.262. The lowest BCUT2D eigenvalue weighted by Gasteiger charge is -2.10. The van der Waals surface area contributed by atoms with E-state index >= 15 is 0 Å². The minimum Gasteiger partial charge on any atom is -0.423 e. The van der Waals surface area contributed by atoms with Gasteiger partial charge in [-0.05, 0) is 24.6 Å². The van der Waals surface area contributed by atoms with Crippen molar-refractivity contribution in [3.63, 3.8) is 0 Å². The Balaban J connectivity index is 2.11. The number of aromatic nitrogens is 2. The van der Waals surface area contributed by atoms with E-state index in [0.29, 0.717) is 18.0 Å². The van der Waals surface area contributed by atoms with Crippen LogP contribution in [0.15, 0.2) is 47.7 Å². The molecule has 0 fully saturated rings. The number of nitrogens with zero attached hydrogens (tertiary/aromatic N) is 2. The quantitative estimate of drug-likeness (QED) is 0.794. The molecule has 0 saturated heterocycles. The van der Waals surface area contributed by atoms with Crippen molar-refractivity contribution in [2.24, 2.45) is 5.73 Å². The second-order valence-corrected chi connectivity index (χ2v) is 3.94. The third kappa shape index (κ3) is 3.26. The standard InChI is InChI=1S/C13H14N4O2/c1-2-4-11(14)12(18)16-10-6-3-5-9(7-10)13-17-15-8-19-13/h2-3,5-8,11H,1,4,14H2,(H,16,18). The molecule has 0 aliphatic rings. The first-order chi connectivity index (χ1) is 9.20. The molecule has 0 spiro atoms. The van der Waals surface area contributed by atoms with Crippen LogP contribution < -0.4 is 11.1 Å². The van der Waals surface area contributed by atoms with Crippen LogP contribution >= 0.6 is 0 Å². The van der Waals surface area contributed by atoms with Gasteiger partial charge in [-0.1, -0.05) is 12.1 Å². The Labute approximate surface area is 110 Å². The molecule has 98 valence electrons. The Bertz CT molecular complexity index is 566. The molecule has 1 unspecified atom stereocenters. The summed E-state index contributed by atoms with van der Waals surface area (Å²) >= 11 is 0. The second-order valence-electron chi connectivity index (χ2n) is 3.94. The molecule has 6 heteroatoms. The van der Waals surface area contributed by atoms with E-state index in [4.69, 9.17) is 10.2 Å². The van der Waals surface area contributed by atoms with Crippen LogP contribution in [0.2, 0.25) is 0 Å². The number of hydrogen-bond donors (Lipinski definition) is 2. The van der Waals surface area contributed by atoms with Gasteiger partial charge in [0.25, 0.3) is 0 Å². The van der Waals surface area contributed by atoms with Gasteiger partial charge in [0.05, 0.1) is 6.04 Å². The lowest BCUT2D eigenvalue weighted by atomic mass is 10.1. The van der Waals surface area contributed by atoms with E-state index in [-0.39, 0.29) is 5.91 Å². The zero-order chi connectivity index (χ0) is 13.7. The van der Waals surface area contributed by atoms with Crippen LogP contribution in [-0.2, 0) is 4.79 Å². The Hall–Kier alpha value is -2.47. The summed E-state index contributed by atoms with van der Waals surface area (Å²) in [6.45, 7) is 3.55. The van der Waals surface area contributed by atoms with Gasteiger partial charge in [-0.3, -0.25) is 4.79 Å². The van der Waals surface area contributed by atoms with Crippen LogP contribution in [0.5, 0.6) is 0 Å². The summed E-state index contributed by atoms with van der Waals surface area (Å²) in [5.74, 6) is 0.133. The van der Waals surface area contributed by atoms with Crippen molar-refractivity contribution < 1.29 is 9.21 Å². The predicted octanol–water partition coefficient (Wildman–Crippen LogP) is 1.58. The minimum atomic E-state index is -0.607. The lowest BCUT2D eigenvalue weighted by molar-refractivity contribution is -0.117. The maximum absolute atomic E-state index is 11.8. The number of amides is 1. The fourth-order valence-electron chi connectivity index (χ4n) is 1.55. The largest absolute Gasteiger partial charge is 0.423 e. The number of nitrogens with one attached hydrogen (secondary N) is 1. The van der Waals surface area contributed by atoms with Gasteiger partial charge in [-0.2, -0.15) is 0 Å². The third-order valence-corrected chi connectivity index (χ3v) is 2.49. The summed E-state index contributed by atoms with van der Waals surface area (Å²) in [7, 11) is 0. The third-order valence-electron chi connectivity index (χ3n) is 2.49. The van der Waals surface area contributed by atoms with Crippen molar-refractivity contribution >= 4 is 11.6 Å². The molecule has 1 atom stereocenters. The van der Waals surface area contributed by atoms with Crippen molar-refractivity contribution in [2.45, 2.75) is 12.5 Å². The fraction of sp³-hybridized carbons (Fsp3) is 0.154. The number of carbonyl (C=O) groups excluding carboxylic acids is 1. The summed E-state index contributed by atoms with van der Waals surface area (Å²) in [6.07, 6.45) is 3.29. The number of nitrogens with two attached hydrogens (primary N) is 1. The fourth-order valence-corrected chi connectivity index (χ4v) is 1.55.